The zero-order valence-electron chi connectivity index (χ0n) is 28.5. The minimum absolute atomic E-state index is 1.23. The van der Waals surface area contributed by atoms with E-state index in [-0.39, 0.29) is 0 Å². The molecule has 0 aliphatic rings. The van der Waals surface area contributed by atoms with Gasteiger partial charge in [-0.1, -0.05) is 194 Å². The third kappa shape index (κ3) is 37.9. The number of hydrogen-bond acceptors (Lipinski definition) is 2. The van der Waals surface area contributed by atoms with Crippen LogP contribution in [0.25, 0.3) is 0 Å². The molecule has 0 atom stereocenters. The predicted molar refractivity (Wildman–Crippen MR) is 185 cm³/mol. The molecule has 0 aromatic carbocycles. The summed E-state index contributed by atoms with van der Waals surface area (Å²) in [7, 11) is 0. The summed E-state index contributed by atoms with van der Waals surface area (Å²) in [5.74, 6) is 0. The third-order valence-electron chi connectivity index (χ3n) is 8.87. The zero-order valence-corrected chi connectivity index (χ0v) is 28.5. The van der Waals surface area contributed by atoms with Gasteiger partial charge in [-0.2, -0.15) is 0 Å². The van der Waals surface area contributed by atoms with E-state index in [1.165, 1.54) is 232 Å². The van der Waals surface area contributed by atoms with Crippen molar-refractivity contribution in [2.45, 2.75) is 219 Å². The van der Waals surface area contributed by atoms with Crippen molar-refractivity contribution < 1.29 is 0 Å². The standard InChI is InChI=1S/C38H80N2/c1-3-5-7-9-11-13-15-17-19-21-23-25-27-31-35-39-37-33-29-30-34-38-40-36-32-28-26-24-22-20-18-16-14-12-10-8-6-4-2/h39-40H,3-38H2,1-2H3. The molecule has 0 rings (SSSR count). The monoisotopic (exact) mass is 565 g/mol. The van der Waals surface area contributed by atoms with Crippen LogP contribution in [0.2, 0.25) is 0 Å². The lowest BCUT2D eigenvalue weighted by atomic mass is 10.0. The number of nitrogens with one attached hydrogen (secondary N) is 2. The Hall–Kier alpha value is -0.0800. The van der Waals surface area contributed by atoms with Gasteiger partial charge in [-0.3, -0.25) is 0 Å². The molecule has 242 valence electrons. The lowest BCUT2D eigenvalue weighted by Crippen LogP contribution is -2.17. The molecule has 0 aromatic heterocycles. The Morgan fingerprint density at radius 2 is 0.350 bits per heavy atom. The molecule has 0 aromatic rings. The summed E-state index contributed by atoms with van der Waals surface area (Å²) in [4.78, 5) is 0. The number of unbranched alkanes of at least 4 members (excludes halogenated alkanes) is 29. The first-order valence-electron chi connectivity index (χ1n) is 19.3. The van der Waals surface area contributed by atoms with Crippen molar-refractivity contribution in [2.75, 3.05) is 26.2 Å². The average Bonchev–Trinajstić information content (AvgIpc) is 2.97. The van der Waals surface area contributed by atoms with E-state index >= 15 is 0 Å². The van der Waals surface area contributed by atoms with E-state index in [9.17, 15) is 0 Å². The zero-order chi connectivity index (χ0) is 28.9. The van der Waals surface area contributed by atoms with Crippen LogP contribution in [-0.4, -0.2) is 26.2 Å². The summed E-state index contributed by atoms with van der Waals surface area (Å²) < 4.78 is 0. The second-order valence-corrected chi connectivity index (χ2v) is 13.1. The predicted octanol–water partition coefficient (Wildman–Crippen LogP) is 12.7. The highest BCUT2D eigenvalue weighted by Gasteiger charge is 1.97. The van der Waals surface area contributed by atoms with E-state index in [0.29, 0.717) is 0 Å². The number of rotatable bonds is 37. The highest BCUT2D eigenvalue weighted by atomic mass is 14.8. The first-order chi connectivity index (χ1) is 19.9. The quantitative estimate of drug-likeness (QED) is 0.0733. The smallest absolute Gasteiger partial charge is 0.00489 e. The van der Waals surface area contributed by atoms with Crippen molar-refractivity contribution in [3.8, 4) is 0 Å². The summed E-state index contributed by atoms with van der Waals surface area (Å²) >= 11 is 0. The summed E-state index contributed by atoms with van der Waals surface area (Å²) in [6, 6.07) is 0. The van der Waals surface area contributed by atoms with Gasteiger partial charge in [0.05, 0.1) is 0 Å². The molecule has 0 saturated carbocycles. The fraction of sp³-hybridized carbons (Fsp3) is 1.00. The van der Waals surface area contributed by atoms with Crippen LogP contribution in [0.4, 0.5) is 0 Å². The van der Waals surface area contributed by atoms with Gasteiger partial charge in [0.1, 0.15) is 0 Å². The maximum atomic E-state index is 3.67. The Morgan fingerprint density at radius 3 is 0.525 bits per heavy atom. The third-order valence-corrected chi connectivity index (χ3v) is 8.87. The Morgan fingerprint density at radius 1 is 0.200 bits per heavy atom. The summed E-state index contributed by atoms with van der Waals surface area (Å²) in [6.45, 7) is 9.53. The molecule has 0 spiro atoms. The van der Waals surface area contributed by atoms with Gasteiger partial charge < -0.3 is 10.6 Å². The maximum absolute atomic E-state index is 3.67. The Bertz CT molecular complexity index is 372. The van der Waals surface area contributed by atoms with E-state index in [4.69, 9.17) is 0 Å². The van der Waals surface area contributed by atoms with E-state index < -0.39 is 0 Å². The van der Waals surface area contributed by atoms with Gasteiger partial charge in [-0.15, -0.1) is 0 Å². The van der Waals surface area contributed by atoms with Crippen LogP contribution in [0.5, 0.6) is 0 Å². The molecule has 2 N–H and O–H groups in total. The van der Waals surface area contributed by atoms with Crippen molar-refractivity contribution in [3.05, 3.63) is 0 Å². The molecule has 0 unspecified atom stereocenters. The molecule has 2 heteroatoms. The van der Waals surface area contributed by atoms with Crippen molar-refractivity contribution in [3.63, 3.8) is 0 Å². The first-order valence-corrected chi connectivity index (χ1v) is 19.3. The molecule has 0 aliphatic heterocycles. The van der Waals surface area contributed by atoms with Crippen molar-refractivity contribution in [2.24, 2.45) is 0 Å². The lowest BCUT2D eigenvalue weighted by Gasteiger charge is -2.07. The molecule has 0 amide bonds. The Balaban J connectivity index is 3.01. The molecular weight excluding hydrogens is 484 g/mol. The van der Waals surface area contributed by atoms with Gasteiger partial charge in [-0.25, -0.2) is 0 Å². The van der Waals surface area contributed by atoms with E-state index in [0.717, 1.165) is 0 Å². The molecule has 0 aliphatic carbocycles. The van der Waals surface area contributed by atoms with Crippen LogP contribution in [-0.2, 0) is 0 Å². The first kappa shape index (κ1) is 39.9. The minimum Gasteiger partial charge on any atom is -0.317 e. The molecule has 0 fully saturated rings. The van der Waals surface area contributed by atoms with Crippen molar-refractivity contribution >= 4 is 0 Å². The van der Waals surface area contributed by atoms with Crippen LogP contribution >= 0.6 is 0 Å². The Labute approximate surface area is 255 Å². The van der Waals surface area contributed by atoms with Gasteiger partial charge in [0.25, 0.3) is 0 Å². The van der Waals surface area contributed by atoms with Crippen molar-refractivity contribution in [1.29, 1.82) is 0 Å². The largest absolute Gasteiger partial charge is 0.317 e. The molecule has 40 heavy (non-hydrogen) atoms. The van der Waals surface area contributed by atoms with Gasteiger partial charge in [0.15, 0.2) is 0 Å². The normalized spacial score (nSPS) is 11.6. The molecule has 0 saturated heterocycles. The highest BCUT2D eigenvalue weighted by molar-refractivity contribution is 4.55. The molecule has 0 radical (unpaired) electrons. The summed E-state index contributed by atoms with van der Waals surface area (Å²) in [5, 5.41) is 7.35. The minimum atomic E-state index is 1.23. The van der Waals surface area contributed by atoms with Gasteiger partial charge in [0.2, 0.25) is 0 Å². The lowest BCUT2D eigenvalue weighted by molar-refractivity contribution is 0.518. The van der Waals surface area contributed by atoms with Crippen molar-refractivity contribution in [1.82, 2.24) is 10.6 Å². The van der Waals surface area contributed by atoms with Crippen LogP contribution in [0.3, 0.4) is 0 Å². The molecule has 0 bridgehead atoms. The summed E-state index contributed by atoms with van der Waals surface area (Å²) in [5.41, 5.74) is 0. The average molecular weight is 565 g/mol. The van der Waals surface area contributed by atoms with E-state index in [1.54, 1.807) is 0 Å². The van der Waals surface area contributed by atoms with Crippen LogP contribution in [0.1, 0.15) is 219 Å². The van der Waals surface area contributed by atoms with E-state index in [2.05, 4.69) is 24.5 Å². The van der Waals surface area contributed by atoms with Crippen LogP contribution in [0, 0.1) is 0 Å². The molecule has 0 heterocycles. The fourth-order valence-electron chi connectivity index (χ4n) is 5.99. The number of hydrogen-bond donors (Lipinski definition) is 2. The van der Waals surface area contributed by atoms with E-state index in [1.807, 2.05) is 0 Å². The second kappa shape index (κ2) is 38.9. The Kier molecular flexibility index (Phi) is 38.8. The van der Waals surface area contributed by atoms with Gasteiger partial charge in [0, 0.05) is 0 Å². The summed E-state index contributed by atoms with van der Waals surface area (Å²) in [6.07, 6.45) is 46.1. The maximum Gasteiger partial charge on any atom is -0.00489 e. The molecule has 2 nitrogen and oxygen atoms in total. The molecular formula is C38H80N2. The van der Waals surface area contributed by atoms with Crippen LogP contribution < -0.4 is 10.6 Å². The van der Waals surface area contributed by atoms with Gasteiger partial charge in [-0.05, 0) is 51.9 Å². The highest BCUT2D eigenvalue weighted by Crippen LogP contribution is 2.14. The van der Waals surface area contributed by atoms with Gasteiger partial charge >= 0.3 is 0 Å². The fourth-order valence-corrected chi connectivity index (χ4v) is 5.99. The van der Waals surface area contributed by atoms with Crippen LogP contribution in [0.15, 0.2) is 0 Å². The SMILES string of the molecule is CCCCCCCCCCCCCCCCNCCCCCCNCCCCCCCCCCCCCCCC. The second-order valence-electron chi connectivity index (χ2n) is 13.1. The topological polar surface area (TPSA) is 24.1 Å².